The molecule has 0 spiro atoms. The van der Waals surface area contributed by atoms with E-state index in [9.17, 15) is 9.59 Å². The lowest BCUT2D eigenvalue weighted by molar-refractivity contribution is -0.134. The molecule has 2 N–H and O–H groups in total. The number of benzene rings is 1. The molecular formula is C13H17BrN2O3. The number of nitrogens with two attached hydrogens (primary N) is 1. The first-order valence-electron chi connectivity index (χ1n) is 5.99. The van der Waals surface area contributed by atoms with E-state index < -0.39 is 5.97 Å². The van der Waals surface area contributed by atoms with Crippen molar-refractivity contribution in [3.05, 3.63) is 28.2 Å². The van der Waals surface area contributed by atoms with Gasteiger partial charge in [0.2, 0.25) is 0 Å². The molecule has 104 valence electrons. The van der Waals surface area contributed by atoms with E-state index in [0.29, 0.717) is 28.8 Å². The summed E-state index contributed by atoms with van der Waals surface area (Å²) in [6, 6.07) is 4.76. The van der Waals surface area contributed by atoms with Crippen molar-refractivity contribution in [2.75, 3.05) is 25.4 Å². The molecule has 1 aromatic rings. The Morgan fingerprint density at radius 3 is 2.47 bits per heavy atom. The van der Waals surface area contributed by atoms with E-state index in [1.807, 2.05) is 13.8 Å². The molecule has 0 aliphatic heterocycles. The van der Waals surface area contributed by atoms with Crippen molar-refractivity contribution < 1.29 is 14.3 Å². The molecule has 0 fully saturated rings. The molecule has 1 rings (SSSR count). The number of likely N-dealkylation sites (N-methyl/N-ethyl adjacent to an activating group) is 1. The van der Waals surface area contributed by atoms with E-state index in [2.05, 4.69) is 15.9 Å². The van der Waals surface area contributed by atoms with Crippen LogP contribution in [0, 0.1) is 0 Å². The van der Waals surface area contributed by atoms with E-state index in [1.165, 1.54) is 6.07 Å². The summed E-state index contributed by atoms with van der Waals surface area (Å²) in [6.07, 6.45) is 0. The molecule has 1 aromatic carbocycles. The highest BCUT2D eigenvalue weighted by Gasteiger charge is 2.14. The molecule has 0 saturated carbocycles. The molecule has 0 aromatic heterocycles. The van der Waals surface area contributed by atoms with Gasteiger partial charge in [-0.1, -0.05) is 0 Å². The monoisotopic (exact) mass is 328 g/mol. The van der Waals surface area contributed by atoms with Crippen LogP contribution in [0.1, 0.15) is 24.2 Å². The normalized spacial score (nSPS) is 10.1. The third-order valence-corrected chi connectivity index (χ3v) is 3.40. The Balaban J connectivity index is 2.60. The minimum absolute atomic E-state index is 0.205. The van der Waals surface area contributed by atoms with Crippen molar-refractivity contribution in [1.82, 2.24) is 4.90 Å². The minimum atomic E-state index is -0.556. The summed E-state index contributed by atoms with van der Waals surface area (Å²) < 4.78 is 5.68. The van der Waals surface area contributed by atoms with Gasteiger partial charge in [0.25, 0.3) is 5.91 Å². The number of ether oxygens (including phenoxy) is 1. The molecule has 0 saturated heterocycles. The van der Waals surface area contributed by atoms with Gasteiger partial charge in [0.1, 0.15) is 0 Å². The van der Waals surface area contributed by atoms with E-state index in [4.69, 9.17) is 10.5 Å². The van der Waals surface area contributed by atoms with Gasteiger partial charge in [-0.25, -0.2) is 4.79 Å². The smallest absolute Gasteiger partial charge is 0.338 e. The summed E-state index contributed by atoms with van der Waals surface area (Å²) >= 11 is 3.24. The molecule has 5 nitrogen and oxygen atoms in total. The first kappa shape index (κ1) is 15.5. The second-order valence-corrected chi connectivity index (χ2v) is 4.73. The molecule has 0 unspecified atom stereocenters. The molecule has 0 heterocycles. The Labute approximate surface area is 120 Å². The number of nitrogen functional groups attached to an aromatic ring is 1. The van der Waals surface area contributed by atoms with E-state index in [0.717, 1.165) is 0 Å². The molecule has 0 radical (unpaired) electrons. The third-order valence-electron chi connectivity index (χ3n) is 2.67. The topological polar surface area (TPSA) is 72.6 Å². The van der Waals surface area contributed by atoms with Gasteiger partial charge in [-0.05, 0) is 48.0 Å². The second kappa shape index (κ2) is 7.13. The zero-order valence-electron chi connectivity index (χ0n) is 11.0. The summed E-state index contributed by atoms with van der Waals surface area (Å²) in [7, 11) is 0. The van der Waals surface area contributed by atoms with Gasteiger partial charge < -0.3 is 15.4 Å². The summed E-state index contributed by atoms with van der Waals surface area (Å²) in [5.41, 5.74) is 6.45. The lowest BCUT2D eigenvalue weighted by atomic mass is 10.2. The highest BCUT2D eigenvalue weighted by Crippen LogP contribution is 2.20. The number of rotatable bonds is 5. The second-order valence-electron chi connectivity index (χ2n) is 3.88. The number of carbonyl (C=O) groups is 2. The van der Waals surface area contributed by atoms with Crippen molar-refractivity contribution in [2.24, 2.45) is 0 Å². The number of esters is 1. The van der Waals surface area contributed by atoms with Crippen molar-refractivity contribution in [3.63, 3.8) is 0 Å². The first-order valence-corrected chi connectivity index (χ1v) is 6.78. The van der Waals surface area contributed by atoms with Crippen LogP contribution in [0.3, 0.4) is 0 Å². The van der Waals surface area contributed by atoms with Crippen molar-refractivity contribution in [1.29, 1.82) is 0 Å². The number of hydrogen-bond donors (Lipinski definition) is 1. The Hall–Kier alpha value is -1.56. The molecule has 0 aliphatic rings. The van der Waals surface area contributed by atoms with Crippen LogP contribution in [-0.4, -0.2) is 36.5 Å². The van der Waals surface area contributed by atoms with Crippen LogP contribution >= 0.6 is 15.9 Å². The molecule has 6 heteroatoms. The predicted octanol–water partition coefficient (Wildman–Crippen LogP) is 2.06. The molecular weight excluding hydrogens is 312 g/mol. The fraction of sp³-hybridized carbons (Fsp3) is 0.385. The van der Waals surface area contributed by atoms with Gasteiger partial charge in [-0.15, -0.1) is 0 Å². The third kappa shape index (κ3) is 4.24. The van der Waals surface area contributed by atoms with E-state index >= 15 is 0 Å². The summed E-state index contributed by atoms with van der Waals surface area (Å²) in [5, 5.41) is 0. The fourth-order valence-corrected chi connectivity index (χ4v) is 1.80. The van der Waals surface area contributed by atoms with Crippen LogP contribution in [0.2, 0.25) is 0 Å². The standard InChI is InChI=1S/C13H17BrN2O3/c1-3-16(4-2)12(17)8-19-13(18)9-5-6-10(14)11(15)7-9/h5-7H,3-4,8,15H2,1-2H3. The van der Waals surface area contributed by atoms with Gasteiger partial charge in [0, 0.05) is 23.2 Å². The lowest BCUT2D eigenvalue weighted by Crippen LogP contribution is -2.34. The molecule has 0 bridgehead atoms. The SMILES string of the molecule is CCN(CC)C(=O)COC(=O)c1ccc(Br)c(N)c1. The van der Waals surface area contributed by atoms with Crippen molar-refractivity contribution >= 4 is 33.5 Å². The quantitative estimate of drug-likeness (QED) is 0.663. The van der Waals surface area contributed by atoms with Crippen LogP contribution in [0.15, 0.2) is 22.7 Å². The molecule has 0 aliphatic carbocycles. The largest absolute Gasteiger partial charge is 0.452 e. The summed E-state index contributed by atoms with van der Waals surface area (Å²) in [4.78, 5) is 25.0. The van der Waals surface area contributed by atoms with Gasteiger partial charge >= 0.3 is 5.97 Å². The predicted molar refractivity (Wildman–Crippen MR) is 76.8 cm³/mol. The number of anilines is 1. The number of nitrogens with zero attached hydrogens (tertiary/aromatic N) is 1. The van der Waals surface area contributed by atoms with Crippen LogP contribution in [0.4, 0.5) is 5.69 Å². The maximum absolute atomic E-state index is 11.7. The molecule has 0 atom stereocenters. The summed E-state index contributed by atoms with van der Waals surface area (Å²) in [5.74, 6) is -0.761. The van der Waals surface area contributed by atoms with E-state index in [1.54, 1.807) is 17.0 Å². The molecule has 19 heavy (non-hydrogen) atoms. The summed E-state index contributed by atoms with van der Waals surface area (Å²) in [6.45, 7) is 4.68. The van der Waals surface area contributed by atoms with Crippen LogP contribution < -0.4 is 5.73 Å². The average molecular weight is 329 g/mol. The highest BCUT2D eigenvalue weighted by atomic mass is 79.9. The van der Waals surface area contributed by atoms with Gasteiger partial charge in [0.15, 0.2) is 6.61 Å². The Morgan fingerprint density at radius 1 is 1.32 bits per heavy atom. The Morgan fingerprint density at radius 2 is 1.95 bits per heavy atom. The van der Waals surface area contributed by atoms with Crippen LogP contribution in [0.25, 0.3) is 0 Å². The number of carbonyl (C=O) groups excluding carboxylic acids is 2. The zero-order valence-corrected chi connectivity index (χ0v) is 12.6. The van der Waals surface area contributed by atoms with Gasteiger partial charge in [-0.2, -0.15) is 0 Å². The molecule has 1 amide bonds. The minimum Gasteiger partial charge on any atom is -0.452 e. The number of hydrogen-bond acceptors (Lipinski definition) is 4. The fourth-order valence-electron chi connectivity index (χ4n) is 1.55. The number of halogens is 1. The van der Waals surface area contributed by atoms with E-state index in [-0.39, 0.29) is 12.5 Å². The van der Waals surface area contributed by atoms with Crippen LogP contribution in [0.5, 0.6) is 0 Å². The Bertz CT molecular complexity index is 473. The maximum Gasteiger partial charge on any atom is 0.338 e. The maximum atomic E-state index is 11.7. The van der Waals surface area contributed by atoms with Gasteiger partial charge in [0.05, 0.1) is 5.56 Å². The highest BCUT2D eigenvalue weighted by molar-refractivity contribution is 9.10. The van der Waals surface area contributed by atoms with Gasteiger partial charge in [-0.3, -0.25) is 4.79 Å². The lowest BCUT2D eigenvalue weighted by Gasteiger charge is -2.18. The number of amides is 1. The van der Waals surface area contributed by atoms with Crippen LogP contribution in [-0.2, 0) is 9.53 Å². The first-order chi connectivity index (χ1) is 8.99. The van der Waals surface area contributed by atoms with Crippen molar-refractivity contribution in [3.8, 4) is 0 Å². The van der Waals surface area contributed by atoms with Crippen molar-refractivity contribution in [2.45, 2.75) is 13.8 Å². The zero-order chi connectivity index (χ0) is 14.4. The Kier molecular flexibility index (Phi) is 5.82. The average Bonchev–Trinajstić information content (AvgIpc) is 2.40.